The lowest BCUT2D eigenvalue weighted by molar-refractivity contribution is 0.0526. The van der Waals surface area contributed by atoms with Gasteiger partial charge < -0.3 is 10.1 Å². The van der Waals surface area contributed by atoms with E-state index in [4.69, 9.17) is 27.9 Å². The third-order valence-electron chi connectivity index (χ3n) is 4.57. The topological polar surface area (TPSA) is 55.4 Å². The van der Waals surface area contributed by atoms with E-state index in [0.717, 1.165) is 11.3 Å². The number of Topliss-reactive ketones (excluding diaryl/α,β-unsaturated/α-hetero) is 1. The number of benzene rings is 3. The number of carbonyl (C=O) groups is 2. The highest BCUT2D eigenvalue weighted by molar-refractivity contribution is 6.30. The molecule has 0 unspecified atom stereocenters. The third-order valence-corrected chi connectivity index (χ3v) is 5.07. The monoisotopic (exact) mass is 441 g/mol. The van der Waals surface area contributed by atoms with Crippen molar-refractivity contribution in [2.45, 2.75) is 19.4 Å². The van der Waals surface area contributed by atoms with Gasteiger partial charge in [-0.05, 0) is 73.2 Å². The van der Waals surface area contributed by atoms with Crippen LogP contribution in [-0.2, 0) is 4.74 Å². The minimum absolute atomic E-state index is 0.0118. The van der Waals surface area contributed by atoms with Crippen molar-refractivity contribution in [3.63, 3.8) is 0 Å². The Balaban J connectivity index is 1.81. The van der Waals surface area contributed by atoms with Crippen LogP contribution in [0.3, 0.4) is 0 Å². The molecule has 6 heteroatoms. The molecule has 0 spiro atoms. The van der Waals surface area contributed by atoms with E-state index in [0.29, 0.717) is 27.8 Å². The van der Waals surface area contributed by atoms with Crippen molar-refractivity contribution in [2.75, 3.05) is 11.9 Å². The maximum Gasteiger partial charge on any atom is 0.338 e. The summed E-state index contributed by atoms with van der Waals surface area (Å²) in [6, 6.07) is 20.9. The summed E-state index contributed by atoms with van der Waals surface area (Å²) in [5.74, 6) is -0.376. The Morgan fingerprint density at radius 3 is 1.93 bits per heavy atom. The molecule has 0 heterocycles. The zero-order chi connectivity index (χ0) is 21.5. The summed E-state index contributed by atoms with van der Waals surface area (Å²) in [5, 5.41) is 4.59. The molecule has 3 rings (SSSR count). The van der Waals surface area contributed by atoms with E-state index >= 15 is 0 Å². The SMILES string of the molecule is CCOC(=O)c1ccc(N[C@H](CC(=O)c2ccc(Cl)cc2)c2ccc(Cl)cc2)cc1. The number of hydrogen-bond acceptors (Lipinski definition) is 4. The summed E-state index contributed by atoms with van der Waals surface area (Å²) in [5.41, 5.74) is 2.78. The molecule has 1 N–H and O–H groups in total. The molecule has 0 aliphatic rings. The number of ketones is 1. The molecule has 1 atom stereocenters. The van der Waals surface area contributed by atoms with Gasteiger partial charge in [0, 0.05) is 27.7 Å². The van der Waals surface area contributed by atoms with E-state index in [1.54, 1.807) is 67.6 Å². The number of ether oxygens (including phenoxy) is 1. The van der Waals surface area contributed by atoms with Crippen LogP contribution < -0.4 is 5.32 Å². The van der Waals surface area contributed by atoms with Crippen molar-refractivity contribution in [1.82, 2.24) is 0 Å². The van der Waals surface area contributed by atoms with E-state index in [2.05, 4.69) is 5.32 Å². The van der Waals surface area contributed by atoms with Gasteiger partial charge in [-0.2, -0.15) is 0 Å². The lowest BCUT2D eigenvalue weighted by atomic mass is 9.97. The van der Waals surface area contributed by atoms with Gasteiger partial charge in [-0.1, -0.05) is 35.3 Å². The molecule has 0 aliphatic carbocycles. The second-order valence-electron chi connectivity index (χ2n) is 6.68. The standard InChI is InChI=1S/C24H21Cl2NO3/c1-2-30-24(29)18-7-13-21(14-8-18)27-22(16-3-9-19(25)10-4-16)15-23(28)17-5-11-20(26)12-6-17/h3-14,22,27H,2,15H2,1H3/t22-/m1/s1. The molecular formula is C24H21Cl2NO3. The first-order chi connectivity index (χ1) is 14.5. The van der Waals surface area contributed by atoms with Crippen molar-refractivity contribution in [3.05, 3.63) is 99.5 Å². The Bertz CT molecular complexity index is 1000. The maximum atomic E-state index is 12.8. The van der Waals surface area contributed by atoms with Crippen LogP contribution in [0.1, 0.15) is 45.7 Å². The lowest BCUT2D eigenvalue weighted by Gasteiger charge is -2.20. The highest BCUT2D eigenvalue weighted by Gasteiger charge is 2.18. The molecule has 3 aromatic rings. The summed E-state index contributed by atoms with van der Waals surface area (Å²) < 4.78 is 5.01. The molecule has 0 aromatic heterocycles. The van der Waals surface area contributed by atoms with Crippen LogP contribution in [0.5, 0.6) is 0 Å². The van der Waals surface area contributed by atoms with Gasteiger partial charge in [-0.25, -0.2) is 4.79 Å². The van der Waals surface area contributed by atoms with Crippen molar-refractivity contribution in [2.24, 2.45) is 0 Å². The predicted octanol–water partition coefficient (Wildman–Crippen LogP) is 6.60. The van der Waals surface area contributed by atoms with Crippen molar-refractivity contribution < 1.29 is 14.3 Å². The second-order valence-corrected chi connectivity index (χ2v) is 7.55. The fraction of sp³-hybridized carbons (Fsp3) is 0.167. The molecule has 154 valence electrons. The second kappa shape index (κ2) is 10.3. The summed E-state index contributed by atoms with van der Waals surface area (Å²) in [6.45, 7) is 2.09. The molecule has 0 saturated heterocycles. The number of esters is 1. The maximum absolute atomic E-state index is 12.8. The highest BCUT2D eigenvalue weighted by Crippen LogP contribution is 2.26. The van der Waals surface area contributed by atoms with Gasteiger partial charge in [0.15, 0.2) is 5.78 Å². The largest absolute Gasteiger partial charge is 0.462 e. The number of hydrogen-bond donors (Lipinski definition) is 1. The van der Waals surface area contributed by atoms with Crippen molar-refractivity contribution in [3.8, 4) is 0 Å². The van der Waals surface area contributed by atoms with Gasteiger partial charge >= 0.3 is 5.97 Å². The van der Waals surface area contributed by atoms with Gasteiger partial charge in [-0.3, -0.25) is 4.79 Å². The summed E-state index contributed by atoms with van der Waals surface area (Å²) in [7, 11) is 0. The van der Waals surface area contributed by atoms with Crippen LogP contribution in [0.25, 0.3) is 0 Å². The van der Waals surface area contributed by atoms with Crippen LogP contribution in [0.15, 0.2) is 72.8 Å². The van der Waals surface area contributed by atoms with Crippen LogP contribution in [0, 0.1) is 0 Å². The zero-order valence-electron chi connectivity index (χ0n) is 16.4. The highest BCUT2D eigenvalue weighted by atomic mass is 35.5. The molecule has 0 radical (unpaired) electrons. The average molecular weight is 442 g/mol. The predicted molar refractivity (Wildman–Crippen MR) is 121 cm³/mol. The Hall–Kier alpha value is -2.82. The first kappa shape index (κ1) is 21.9. The van der Waals surface area contributed by atoms with Gasteiger partial charge in [0.25, 0.3) is 0 Å². The van der Waals surface area contributed by atoms with Gasteiger partial charge in [0.2, 0.25) is 0 Å². The smallest absolute Gasteiger partial charge is 0.338 e. The Labute approximate surface area is 185 Å². The van der Waals surface area contributed by atoms with Crippen LogP contribution in [-0.4, -0.2) is 18.4 Å². The number of carbonyl (C=O) groups excluding carboxylic acids is 2. The number of halogens is 2. The minimum Gasteiger partial charge on any atom is -0.462 e. The molecule has 4 nitrogen and oxygen atoms in total. The van der Waals surface area contributed by atoms with Crippen LogP contribution in [0.2, 0.25) is 10.0 Å². The fourth-order valence-corrected chi connectivity index (χ4v) is 3.26. The quantitative estimate of drug-likeness (QED) is 0.316. The average Bonchev–Trinajstić information content (AvgIpc) is 2.75. The molecule has 0 bridgehead atoms. The fourth-order valence-electron chi connectivity index (χ4n) is 3.00. The summed E-state index contributed by atoms with van der Waals surface area (Å²) >= 11 is 11.9. The number of rotatable bonds is 8. The van der Waals surface area contributed by atoms with Crippen LogP contribution in [0.4, 0.5) is 5.69 Å². The molecule has 0 amide bonds. The molecule has 3 aromatic carbocycles. The first-order valence-corrected chi connectivity index (χ1v) is 10.3. The van der Waals surface area contributed by atoms with Gasteiger partial charge in [0.1, 0.15) is 0 Å². The lowest BCUT2D eigenvalue weighted by Crippen LogP contribution is -2.16. The Morgan fingerprint density at radius 2 is 1.37 bits per heavy atom. The third kappa shape index (κ3) is 5.85. The first-order valence-electron chi connectivity index (χ1n) is 9.54. The van der Waals surface area contributed by atoms with E-state index in [1.165, 1.54) is 0 Å². The van der Waals surface area contributed by atoms with Gasteiger partial charge in [-0.15, -0.1) is 0 Å². The van der Waals surface area contributed by atoms with E-state index in [-0.39, 0.29) is 24.2 Å². The Kier molecular flexibility index (Phi) is 7.50. The van der Waals surface area contributed by atoms with Crippen molar-refractivity contribution in [1.29, 1.82) is 0 Å². The summed E-state index contributed by atoms with van der Waals surface area (Å²) in [6.07, 6.45) is 0.239. The molecule has 0 fully saturated rings. The van der Waals surface area contributed by atoms with Crippen molar-refractivity contribution >= 4 is 40.6 Å². The molecular weight excluding hydrogens is 421 g/mol. The number of nitrogens with one attached hydrogen (secondary N) is 1. The normalized spacial score (nSPS) is 11.6. The molecule has 0 saturated carbocycles. The van der Waals surface area contributed by atoms with Crippen LogP contribution >= 0.6 is 23.2 Å². The Morgan fingerprint density at radius 1 is 0.833 bits per heavy atom. The zero-order valence-corrected chi connectivity index (χ0v) is 17.9. The minimum atomic E-state index is -0.365. The van der Waals surface area contributed by atoms with E-state index in [9.17, 15) is 9.59 Å². The molecule has 0 aliphatic heterocycles. The molecule has 30 heavy (non-hydrogen) atoms. The van der Waals surface area contributed by atoms with Gasteiger partial charge in [0.05, 0.1) is 18.2 Å². The summed E-state index contributed by atoms with van der Waals surface area (Å²) in [4.78, 5) is 24.7. The van der Waals surface area contributed by atoms with E-state index < -0.39 is 0 Å². The number of anilines is 1. The van der Waals surface area contributed by atoms with E-state index in [1.807, 2.05) is 12.1 Å².